The van der Waals surface area contributed by atoms with Crippen LogP contribution in [0.1, 0.15) is 6.92 Å². The highest BCUT2D eigenvalue weighted by Crippen LogP contribution is 2.23. The van der Waals surface area contributed by atoms with E-state index >= 15 is 0 Å². The first-order valence-electron chi connectivity index (χ1n) is 4.74. The number of hydrogen-bond donors (Lipinski definition) is 1. The molecule has 0 fully saturated rings. The van der Waals surface area contributed by atoms with Gasteiger partial charge in [-0.1, -0.05) is 4.89 Å². The van der Waals surface area contributed by atoms with Gasteiger partial charge in [-0.05, 0) is 31.2 Å². The number of rotatable bonds is 5. The smallest absolute Gasteiger partial charge is 0.406 e. The van der Waals surface area contributed by atoms with Gasteiger partial charge in [0.15, 0.2) is 0 Å². The summed E-state index contributed by atoms with van der Waals surface area (Å²) in [4.78, 5) is 6.09. The molecule has 0 aliphatic carbocycles. The standard InChI is InChI=1S/C9H10F3NO4S/c1-2-16-13-18(14,15)8-5-3-7(4-6-8)17-9(10,11)12/h3-6,13H,2H2,1H3. The molecule has 102 valence electrons. The first-order chi connectivity index (χ1) is 8.24. The van der Waals surface area contributed by atoms with Crippen LogP contribution in [0.15, 0.2) is 29.2 Å². The van der Waals surface area contributed by atoms with Gasteiger partial charge in [-0.15, -0.1) is 13.2 Å². The molecule has 5 nitrogen and oxygen atoms in total. The molecule has 1 N–H and O–H groups in total. The number of hydrogen-bond acceptors (Lipinski definition) is 4. The van der Waals surface area contributed by atoms with Gasteiger partial charge in [-0.3, -0.25) is 4.84 Å². The third kappa shape index (κ3) is 4.51. The zero-order valence-electron chi connectivity index (χ0n) is 9.19. The summed E-state index contributed by atoms with van der Waals surface area (Å²) in [6, 6.07) is 3.74. The van der Waals surface area contributed by atoms with E-state index in [1.165, 1.54) is 0 Å². The summed E-state index contributed by atoms with van der Waals surface area (Å²) in [7, 11) is -3.89. The topological polar surface area (TPSA) is 64.6 Å². The number of sulfonamides is 1. The van der Waals surface area contributed by atoms with Crippen LogP contribution in [-0.4, -0.2) is 21.4 Å². The molecule has 18 heavy (non-hydrogen) atoms. The first kappa shape index (κ1) is 14.7. The Morgan fingerprint density at radius 1 is 1.22 bits per heavy atom. The highest BCUT2D eigenvalue weighted by molar-refractivity contribution is 7.89. The Morgan fingerprint density at radius 2 is 1.78 bits per heavy atom. The minimum Gasteiger partial charge on any atom is -0.406 e. The van der Waals surface area contributed by atoms with Crippen molar-refractivity contribution >= 4 is 10.0 Å². The van der Waals surface area contributed by atoms with E-state index in [1.807, 2.05) is 0 Å². The summed E-state index contributed by atoms with van der Waals surface area (Å²) in [6.45, 7) is 1.69. The molecule has 1 aromatic carbocycles. The maximum Gasteiger partial charge on any atom is 0.573 e. The molecule has 0 spiro atoms. The Balaban J connectivity index is 2.83. The summed E-state index contributed by atoms with van der Waals surface area (Å²) in [6.07, 6.45) is -4.82. The van der Waals surface area contributed by atoms with Gasteiger partial charge in [-0.2, -0.15) is 0 Å². The van der Waals surface area contributed by atoms with Crippen LogP contribution < -0.4 is 9.62 Å². The van der Waals surface area contributed by atoms with Gasteiger partial charge >= 0.3 is 6.36 Å². The van der Waals surface area contributed by atoms with E-state index in [-0.39, 0.29) is 11.5 Å². The van der Waals surface area contributed by atoms with Crippen molar-refractivity contribution in [3.05, 3.63) is 24.3 Å². The number of benzene rings is 1. The molecule has 1 rings (SSSR count). The molecule has 0 bridgehead atoms. The molecule has 0 amide bonds. The van der Waals surface area contributed by atoms with E-state index in [0.717, 1.165) is 24.3 Å². The summed E-state index contributed by atoms with van der Waals surface area (Å²) in [5, 5.41) is 0. The van der Waals surface area contributed by atoms with E-state index < -0.39 is 22.1 Å². The Labute approximate surface area is 102 Å². The van der Waals surface area contributed by atoms with Crippen LogP contribution in [0.2, 0.25) is 0 Å². The van der Waals surface area contributed by atoms with Gasteiger partial charge in [0.1, 0.15) is 5.75 Å². The van der Waals surface area contributed by atoms with Gasteiger partial charge in [0.25, 0.3) is 10.0 Å². The van der Waals surface area contributed by atoms with E-state index in [9.17, 15) is 21.6 Å². The number of alkyl halides is 3. The Morgan fingerprint density at radius 3 is 2.22 bits per heavy atom. The van der Waals surface area contributed by atoms with Gasteiger partial charge in [0, 0.05) is 0 Å². The van der Waals surface area contributed by atoms with Crippen molar-refractivity contribution in [2.45, 2.75) is 18.2 Å². The molecule has 9 heteroatoms. The van der Waals surface area contributed by atoms with Crippen molar-refractivity contribution in [1.29, 1.82) is 0 Å². The largest absolute Gasteiger partial charge is 0.573 e. The lowest BCUT2D eigenvalue weighted by Gasteiger charge is -2.09. The van der Waals surface area contributed by atoms with Crippen LogP contribution in [0.3, 0.4) is 0 Å². The molecule has 0 aliphatic heterocycles. The number of nitrogens with one attached hydrogen (secondary N) is 1. The van der Waals surface area contributed by atoms with E-state index in [0.29, 0.717) is 0 Å². The van der Waals surface area contributed by atoms with Crippen molar-refractivity contribution in [2.24, 2.45) is 0 Å². The van der Waals surface area contributed by atoms with E-state index in [4.69, 9.17) is 0 Å². The van der Waals surface area contributed by atoms with Crippen LogP contribution in [0.4, 0.5) is 13.2 Å². The molecule has 0 aromatic heterocycles. The molecular formula is C9H10F3NO4S. The zero-order chi connectivity index (χ0) is 13.8. The summed E-state index contributed by atoms with van der Waals surface area (Å²) >= 11 is 0. The van der Waals surface area contributed by atoms with Crippen LogP contribution in [0.5, 0.6) is 5.75 Å². The maximum atomic E-state index is 11.9. The Kier molecular flexibility index (Phi) is 4.54. The second kappa shape index (κ2) is 5.55. The molecule has 1 aromatic rings. The van der Waals surface area contributed by atoms with Crippen molar-refractivity contribution in [3.63, 3.8) is 0 Å². The Bertz CT molecular complexity index is 484. The summed E-state index contributed by atoms with van der Waals surface area (Å²) in [5.41, 5.74) is 0. The fourth-order valence-corrected chi connectivity index (χ4v) is 1.87. The normalized spacial score (nSPS) is 12.4. The average molecular weight is 285 g/mol. The molecular weight excluding hydrogens is 275 g/mol. The monoisotopic (exact) mass is 285 g/mol. The fourth-order valence-electron chi connectivity index (χ4n) is 1.01. The van der Waals surface area contributed by atoms with Gasteiger partial charge in [-0.25, -0.2) is 8.42 Å². The molecule has 0 atom stereocenters. The van der Waals surface area contributed by atoms with E-state index in [1.54, 1.807) is 11.8 Å². The maximum absolute atomic E-state index is 11.9. The van der Waals surface area contributed by atoms with Gasteiger partial charge < -0.3 is 4.74 Å². The number of ether oxygens (including phenoxy) is 1. The fraction of sp³-hybridized carbons (Fsp3) is 0.333. The predicted octanol–water partition coefficient (Wildman–Crippen LogP) is 1.82. The van der Waals surface area contributed by atoms with Crippen molar-refractivity contribution in [1.82, 2.24) is 4.89 Å². The quantitative estimate of drug-likeness (QED) is 0.838. The van der Waals surface area contributed by atoms with Crippen molar-refractivity contribution < 1.29 is 31.2 Å². The second-order valence-electron chi connectivity index (χ2n) is 3.04. The molecule has 0 unspecified atom stereocenters. The molecule has 0 heterocycles. The third-order valence-corrected chi connectivity index (χ3v) is 2.91. The summed E-state index contributed by atoms with van der Waals surface area (Å²) in [5.74, 6) is -0.502. The highest BCUT2D eigenvalue weighted by Gasteiger charge is 2.31. The lowest BCUT2D eigenvalue weighted by Crippen LogP contribution is -2.24. The number of halogens is 3. The second-order valence-corrected chi connectivity index (χ2v) is 4.68. The van der Waals surface area contributed by atoms with Crippen LogP contribution in [-0.2, 0) is 14.9 Å². The van der Waals surface area contributed by atoms with Crippen LogP contribution >= 0.6 is 0 Å². The molecule has 0 aliphatic rings. The SMILES string of the molecule is CCONS(=O)(=O)c1ccc(OC(F)(F)F)cc1. The lowest BCUT2D eigenvalue weighted by atomic mass is 10.3. The summed E-state index contributed by atoms with van der Waals surface area (Å²) < 4.78 is 62.2. The molecule has 0 radical (unpaired) electrons. The third-order valence-electron chi connectivity index (χ3n) is 1.68. The minimum absolute atomic E-state index is 0.120. The predicted molar refractivity (Wildman–Crippen MR) is 55.1 cm³/mol. The lowest BCUT2D eigenvalue weighted by molar-refractivity contribution is -0.274. The van der Waals surface area contributed by atoms with Crippen molar-refractivity contribution in [2.75, 3.05) is 6.61 Å². The van der Waals surface area contributed by atoms with Crippen LogP contribution in [0, 0.1) is 0 Å². The average Bonchev–Trinajstić information content (AvgIpc) is 2.25. The van der Waals surface area contributed by atoms with Crippen molar-refractivity contribution in [3.8, 4) is 5.75 Å². The van der Waals surface area contributed by atoms with Crippen LogP contribution in [0.25, 0.3) is 0 Å². The first-order valence-corrected chi connectivity index (χ1v) is 6.22. The molecule has 0 saturated carbocycles. The Hall–Kier alpha value is -1.32. The molecule has 0 saturated heterocycles. The van der Waals surface area contributed by atoms with Gasteiger partial charge in [0.2, 0.25) is 0 Å². The van der Waals surface area contributed by atoms with E-state index in [2.05, 4.69) is 9.57 Å². The minimum atomic E-state index is -4.82. The highest BCUT2D eigenvalue weighted by atomic mass is 32.2. The van der Waals surface area contributed by atoms with Gasteiger partial charge in [0.05, 0.1) is 11.5 Å². The zero-order valence-corrected chi connectivity index (χ0v) is 10.0.